The zero-order valence-electron chi connectivity index (χ0n) is 14.3. The van der Waals surface area contributed by atoms with Gasteiger partial charge in [0.05, 0.1) is 6.54 Å². The van der Waals surface area contributed by atoms with Gasteiger partial charge in [0.2, 0.25) is 0 Å². The van der Waals surface area contributed by atoms with E-state index < -0.39 is 0 Å². The summed E-state index contributed by atoms with van der Waals surface area (Å²) in [4.78, 5) is 11.4. The summed E-state index contributed by atoms with van der Waals surface area (Å²) in [5.41, 5.74) is 1.53. The van der Waals surface area contributed by atoms with Crippen LogP contribution in [0, 0.1) is 0 Å². The molecule has 122 valence electrons. The van der Waals surface area contributed by atoms with Crippen LogP contribution in [0.15, 0.2) is 49.1 Å². The minimum absolute atomic E-state index is 0.324. The fourth-order valence-corrected chi connectivity index (χ4v) is 2.32. The molecule has 1 aromatic heterocycles. The van der Waals surface area contributed by atoms with E-state index in [9.17, 15) is 4.79 Å². The van der Waals surface area contributed by atoms with Crippen molar-refractivity contribution in [3.8, 4) is 0 Å². The van der Waals surface area contributed by atoms with Gasteiger partial charge < -0.3 is 9.30 Å². The maximum absolute atomic E-state index is 11.4. The van der Waals surface area contributed by atoms with E-state index >= 15 is 0 Å². The average molecular weight is 311 g/mol. The molecule has 0 fully saturated rings. The first-order valence-corrected chi connectivity index (χ1v) is 7.60. The fourth-order valence-electron chi connectivity index (χ4n) is 2.32. The molecule has 0 unspecified atom stereocenters. The third-order valence-corrected chi connectivity index (χ3v) is 3.29. The van der Waals surface area contributed by atoms with Crippen LogP contribution in [0.4, 0.5) is 0 Å². The molecule has 3 nitrogen and oxygen atoms in total. The van der Waals surface area contributed by atoms with Gasteiger partial charge in [-0.25, -0.2) is 4.79 Å². The van der Waals surface area contributed by atoms with Gasteiger partial charge in [0, 0.05) is 21.8 Å². The van der Waals surface area contributed by atoms with E-state index in [1.165, 1.54) is 0 Å². The van der Waals surface area contributed by atoms with Crippen LogP contribution in [0.25, 0.3) is 23.6 Å². The molecule has 0 amide bonds. The smallest absolute Gasteiger partial charge is 0.333 e. The highest BCUT2D eigenvalue weighted by Crippen LogP contribution is 2.08. The minimum Gasteiger partial charge on any atom is -0.460 e. The first-order valence-electron chi connectivity index (χ1n) is 7.60. The third-order valence-electron chi connectivity index (χ3n) is 3.29. The number of carbonyl (C=O) groups is 1. The number of allylic oxidation sites excluding steroid dienone is 1. The number of rotatable bonds is 4. The predicted molar refractivity (Wildman–Crippen MR) is 98.5 cm³/mol. The number of para-hydroxylation sites is 1. The Hall–Kier alpha value is -2.55. The van der Waals surface area contributed by atoms with Crippen LogP contribution in [0.1, 0.15) is 20.8 Å². The van der Waals surface area contributed by atoms with Crippen molar-refractivity contribution < 1.29 is 9.53 Å². The van der Waals surface area contributed by atoms with Crippen LogP contribution in [0.5, 0.6) is 0 Å². The number of benzene rings is 1. The van der Waals surface area contributed by atoms with Gasteiger partial charge in [0.15, 0.2) is 0 Å². The summed E-state index contributed by atoms with van der Waals surface area (Å²) in [6.07, 6.45) is 3.78. The van der Waals surface area contributed by atoms with Crippen molar-refractivity contribution in [2.24, 2.45) is 0 Å². The number of carbonyl (C=O) groups excluding carboxylic acids is 1. The Morgan fingerprint density at radius 1 is 1.30 bits per heavy atom. The molecular formula is C20H25NO2. The van der Waals surface area contributed by atoms with E-state index in [4.69, 9.17) is 4.74 Å². The summed E-state index contributed by atoms with van der Waals surface area (Å²) >= 11 is 0. The first-order chi connectivity index (χ1) is 11.0. The Labute approximate surface area is 137 Å². The Morgan fingerprint density at radius 2 is 1.91 bits per heavy atom. The molecule has 1 aromatic carbocycles. The van der Waals surface area contributed by atoms with Gasteiger partial charge in [-0.2, -0.15) is 0 Å². The zero-order valence-corrected chi connectivity index (χ0v) is 14.3. The molecule has 1 heterocycles. The van der Waals surface area contributed by atoms with Crippen LogP contribution in [0.3, 0.4) is 0 Å². The topological polar surface area (TPSA) is 31.2 Å². The van der Waals surface area contributed by atoms with Gasteiger partial charge >= 0.3 is 5.97 Å². The van der Waals surface area contributed by atoms with Crippen LogP contribution in [-0.2, 0) is 16.1 Å². The second-order valence-corrected chi connectivity index (χ2v) is 5.15. The number of ether oxygens (including phenoxy) is 1. The van der Waals surface area contributed by atoms with Crippen LogP contribution in [-0.4, -0.2) is 17.1 Å². The van der Waals surface area contributed by atoms with Crippen LogP contribution >= 0.6 is 0 Å². The number of fused-ring (bicyclic) bond motifs is 1. The standard InChI is InChI=1S/C17H19NO2.C3H6/c1-5-15-13(4)14-8-6-7-9-16(14)18(15)10-11-20-17(19)12(2)3;1-3-2/h5-9H,2,4,10-11H2,1,3H3;3H,1H2,2H3/b15-5+;. The lowest BCUT2D eigenvalue weighted by atomic mass is 10.2. The predicted octanol–water partition coefficient (Wildman–Crippen LogP) is 3.16. The van der Waals surface area contributed by atoms with Crippen molar-refractivity contribution in [1.29, 1.82) is 0 Å². The van der Waals surface area contributed by atoms with E-state index in [-0.39, 0.29) is 5.97 Å². The lowest BCUT2D eigenvalue weighted by Crippen LogP contribution is -2.29. The summed E-state index contributed by atoms with van der Waals surface area (Å²) in [7, 11) is 0. The minimum atomic E-state index is -0.349. The molecule has 2 rings (SSSR count). The molecule has 2 aromatic rings. The maximum Gasteiger partial charge on any atom is 0.333 e. The Bertz CT molecular complexity index is 812. The highest BCUT2D eigenvalue weighted by molar-refractivity contribution is 5.87. The van der Waals surface area contributed by atoms with E-state index in [1.54, 1.807) is 13.0 Å². The number of hydrogen-bond donors (Lipinski definition) is 0. The van der Waals surface area contributed by atoms with Gasteiger partial charge in [-0.15, -0.1) is 6.58 Å². The molecule has 0 radical (unpaired) electrons. The van der Waals surface area contributed by atoms with Crippen molar-refractivity contribution in [3.63, 3.8) is 0 Å². The highest BCUT2D eigenvalue weighted by atomic mass is 16.5. The van der Waals surface area contributed by atoms with Gasteiger partial charge in [-0.3, -0.25) is 0 Å². The molecule has 0 saturated heterocycles. The van der Waals surface area contributed by atoms with E-state index in [0.29, 0.717) is 18.7 Å². The molecule has 0 aliphatic heterocycles. The Balaban J connectivity index is 0.000000816. The lowest BCUT2D eigenvalue weighted by molar-refractivity contribution is -0.139. The summed E-state index contributed by atoms with van der Waals surface area (Å²) in [6, 6.07) is 8.11. The Morgan fingerprint density at radius 3 is 2.48 bits per heavy atom. The second-order valence-electron chi connectivity index (χ2n) is 5.15. The summed E-state index contributed by atoms with van der Waals surface area (Å²) in [5, 5.41) is 3.21. The lowest BCUT2D eigenvalue weighted by Gasteiger charge is -2.07. The molecule has 0 atom stereocenters. The molecule has 0 spiro atoms. The molecular weight excluding hydrogens is 286 g/mol. The molecule has 0 bridgehead atoms. The van der Waals surface area contributed by atoms with Crippen LogP contribution in [0.2, 0.25) is 0 Å². The molecule has 3 heteroatoms. The van der Waals surface area contributed by atoms with Crippen molar-refractivity contribution in [2.75, 3.05) is 6.61 Å². The zero-order chi connectivity index (χ0) is 17.4. The molecule has 0 aliphatic carbocycles. The number of esters is 1. The molecule has 23 heavy (non-hydrogen) atoms. The van der Waals surface area contributed by atoms with E-state index in [1.807, 2.05) is 32.1 Å². The second kappa shape index (κ2) is 8.79. The van der Waals surface area contributed by atoms with Gasteiger partial charge in [0.1, 0.15) is 6.61 Å². The third kappa shape index (κ3) is 4.46. The van der Waals surface area contributed by atoms with Crippen molar-refractivity contribution in [1.82, 2.24) is 4.57 Å². The molecule has 0 saturated carbocycles. The summed E-state index contributed by atoms with van der Waals surface area (Å²) in [5.74, 6) is -0.349. The van der Waals surface area contributed by atoms with Gasteiger partial charge in [-0.05, 0) is 32.1 Å². The monoisotopic (exact) mass is 311 g/mol. The Kier molecular flexibility index (Phi) is 7.07. The van der Waals surface area contributed by atoms with Gasteiger partial charge in [0.25, 0.3) is 0 Å². The van der Waals surface area contributed by atoms with E-state index in [2.05, 4.69) is 36.4 Å². The van der Waals surface area contributed by atoms with Crippen molar-refractivity contribution in [3.05, 3.63) is 59.6 Å². The van der Waals surface area contributed by atoms with Crippen molar-refractivity contribution in [2.45, 2.75) is 27.3 Å². The quantitative estimate of drug-likeness (QED) is 0.493. The van der Waals surface area contributed by atoms with E-state index in [0.717, 1.165) is 21.5 Å². The molecule has 0 aliphatic rings. The SMILES string of the molecule is C=C(C)C(=O)OCCn1/c(=C/C)c(=C)c2ccccc21.C=CC. The molecule has 0 N–H and O–H groups in total. The number of hydrogen-bond acceptors (Lipinski definition) is 2. The summed E-state index contributed by atoms with van der Waals surface area (Å²) < 4.78 is 7.30. The fraction of sp³-hybridized carbons (Fsp3) is 0.250. The van der Waals surface area contributed by atoms with Crippen molar-refractivity contribution >= 4 is 29.5 Å². The summed E-state index contributed by atoms with van der Waals surface area (Å²) in [6.45, 7) is 17.5. The largest absolute Gasteiger partial charge is 0.460 e. The number of aromatic nitrogens is 1. The first kappa shape index (κ1) is 18.5. The number of nitrogens with zero attached hydrogens (tertiary/aromatic N) is 1. The normalized spacial score (nSPS) is 10.8. The maximum atomic E-state index is 11.4. The average Bonchev–Trinajstić information content (AvgIpc) is 2.80. The highest BCUT2D eigenvalue weighted by Gasteiger charge is 2.07. The van der Waals surface area contributed by atoms with Gasteiger partial charge in [-0.1, -0.05) is 43.5 Å². The van der Waals surface area contributed by atoms with Crippen LogP contribution < -0.4 is 10.6 Å².